The van der Waals surface area contributed by atoms with Crippen LogP contribution in [0.2, 0.25) is 0 Å². The van der Waals surface area contributed by atoms with E-state index < -0.39 is 0 Å². The van der Waals surface area contributed by atoms with Gasteiger partial charge in [0.05, 0.1) is 0 Å². The number of rotatable bonds is 2. The highest BCUT2D eigenvalue weighted by Crippen LogP contribution is 2.40. The number of hydrogen-bond acceptors (Lipinski definition) is 3. The standard InChI is InChI=1S/C11H15NO2/c1-11(2,6-12)8-4-3-5-9-10(8)14-7-13-9/h3-5H,6-7,12H2,1-2H3. The molecule has 1 aliphatic rings. The van der Waals surface area contributed by atoms with Gasteiger partial charge in [0.25, 0.3) is 0 Å². The van der Waals surface area contributed by atoms with Gasteiger partial charge in [0.15, 0.2) is 11.5 Å². The van der Waals surface area contributed by atoms with Gasteiger partial charge in [-0.15, -0.1) is 0 Å². The highest BCUT2D eigenvalue weighted by Gasteiger charge is 2.27. The number of hydrogen-bond donors (Lipinski definition) is 1. The Kier molecular flexibility index (Phi) is 2.11. The van der Waals surface area contributed by atoms with E-state index in [-0.39, 0.29) is 5.41 Å². The molecule has 1 aromatic carbocycles. The van der Waals surface area contributed by atoms with Crippen LogP contribution in [-0.2, 0) is 5.41 Å². The SMILES string of the molecule is CC(C)(CN)c1cccc2c1OCO2. The Bertz CT molecular complexity index is 347. The first-order valence-corrected chi connectivity index (χ1v) is 4.74. The molecule has 3 heteroatoms. The number of ether oxygens (including phenoxy) is 2. The summed E-state index contributed by atoms with van der Waals surface area (Å²) in [4.78, 5) is 0. The van der Waals surface area contributed by atoms with Crippen molar-refractivity contribution in [3.05, 3.63) is 23.8 Å². The second-order valence-electron chi connectivity index (χ2n) is 4.13. The predicted molar refractivity (Wildman–Crippen MR) is 54.6 cm³/mol. The summed E-state index contributed by atoms with van der Waals surface area (Å²) in [5.41, 5.74) is 6.79. The zero-order valence-electron chi connectivity index (χ0n) is 8.54. The van der Waals surface area contributed by atoms with Crippen LogP contribution in [0.25, 0.3) is 0 Å². The summed E-state index contributed by atoms with van der Waals surface area (Å²) in [6.45, 7) is 5.11. The zero-order valence-corrected chi connectivity index (χ0v) is 8.54. The van der Waals surface area contributed by atoms with Gasteiger partial charge in [0, 0.05) is 17.5 Å². The van der Waals surface area contributed by atoms with Gasteiger partial charge in [-0.25, -0.2) is 0 Å². The molecular weight excluding hydrogens is 178 g/mol. The quantitative estimate of drug-likeness (QED) is 0.776. The van der Waals surface area contributed by atoms with Crippen LogP contribution in [0.15, 0.2) is 18.2 Å². The minimum absolute atomic E-state index is 0.0704. The Hall–Kier alpha value is -1.22. The van der Waals surface area contributed by atoms with Gasteiger partial charge in [0.1, 0.15) is 0 Å². The maximum absolute atomic E-state index is 5.74. The molecule has 0 unspecified atom stereocenters. The summed E-state index contributed by atoms with van der Waals surface area (Å²) >= 11 is 0. The third-order valence-electron chi connectivity index (χ3n) is 2.64. The molecule has 0 aromatic heterocycles. The first-order valence-electron chi connectivity index (χ1n) is 4.74. The van der Waals surface area contributed by atoms with E-state index in [1.807, 2.05) is 18.2 Å². The number of nitrogens with two attached hydrogens (primary N) is 1. The second-order valence-corrected chi connectivity index (χ2v) is 4.13. The first-order chi connectivity index (χ1) is 6.65. The Labute approximate surface area is 83.8 Å². The smallest absolute Gasteiger partial charge is 0.231 e. The monoisotopic (exact) mass is 193 g/mol. The van der Waals surface area contributed by atoms with Crippen molar-refractivity contribution in [2.75, 3.05) is 13.3 Å². The lowest BCUT2D eigenvalue weighted by Gasteiger charge is -2.24. The molecule has 0 saturated carbocycles. The second kappa shape index (κ2) is 3.17. The molecule has 3 nitrogen and oxygen atoms in total. The van der Waals surface area contributed by atoms with E-state index in [1.54, 1.807) is 0 Å². The topological polar surface area (TPSA) is 44.5 Å². The molecule has 0 fully saturated rings. The summed E-state index contributed by atoms with van der Waals surface area (Å²) in [7, 11) is 0. The molecule has 2 rings (SSSR count). The van der Waals surface area contributed by atoms with Crippen molar-refractivity contribution in [3.8, 4) is 11.5 Å². The van der Waals surface area contributed by atoms with E-state index in [9.17, 15) is 0 Å². The number of fused-ring (bicyclic) bond motifs is 1. The van der Waals surface area contributed by atoms with Crippen molar-refractivity contribution in [2.45, 2.75) is 19.3 Å². The fourth-order valence-electron chi connectivity index (χ4n) is 1.57. The van der Waals surface area contributed by atoms with Crippen LogP contribution in [0.5, 0.6) is 11.5 Å². The molecule has 0 radical (unpaired) electrons. The molecule has 2 N–H and O–H groups in total. The normalized spacial score (nSPS) is 14.5. The van der Waals surface area contributed by atoms with Crippen LogP contribution in [0, 0.1) is 0 Å². The van der Waals surface area contributed by atoms with Crippen molar-refractivity contribution in [1.29, 1.82) is 0 Å². The van der Waals surface area contributed by atoms with Gasteiger partial charge in [-0.1, -0.05) is 26.0 Å². The minimum Gasteiger partial charge on any atom is -0.454 e. The summed E-state index contributed by atoms with van der Waals surface area (Å²) in [6, 6.07) is 5.93. The van der Waals surface area contributed by atoms with Crippen molar-refractivity contribution in [3.63, 3.8) is 0 Å². The van der Waals surface area contributed by atoms with Crippen molar-refractivity contribution in [1.82, 2.24) is 0 Å². The summed E-state index contributed by atoms with van der Waals surface area (Å²) in [5, 5.41) is 0. The van der Waals surface area contributed by atoms with Crippen LogP contribution in [0.1, 0.15) is 19.4 Å². The molecule has 0 aliphatic carbocycles. The van der Waals surface area contributed by atoms with E-state index in [0.717, 1.165) is 17.1 Å². The summed E-state index contributed by atoms with van der Waals surface area (Å²) < 4.78 is 10.8. The summed E-state index contributed by atoms with van der Waals surface area (Å²) in [6.07, 6.45) is 0. The van der Waals surface area contributed by atoms with Crippen LogP contribution >= 0.6 is 0 Å². The van der Waals surface area contributed by atoms with E-state index >= 15 is 0 Å². The lowest BCUT2D eigenvalue weighted by molar-refractivity contribution is 0.172. The largest absolute Gasteiger partial charge is 0.454 e. The van der Waals surface area contributed by atoms with Gasteiger partial charge in [-0.3, -0.25) is 0 Å². The Morgan fingerprint density at radius 2 is 2.14 bits per heavy atom. The van der Waals surface area contributed by atoms with Gasteiger partial charge in [-0.2, -0.15) is 0 Å². The molecule has 14 heavy (non-hydrogen) atoms. The molecule has 1 aliphatic heterocycles. The molecule has 76 valence electrons. The molecule has 0 saturated heterocycles. The maximum Gasteiger partial charge on any atom is 0.231 e. The lowest BCUT2D eigenvalue weighted by atomic mass is 9.84. The van der Waals surface area contributed by atoms with Gasteiger partial charge in [-0.05, 0) is 6.07 Å². The molecule has 1 heterocycles. The van der Waals surface area contributed by atoms with Crippen molar-refractivity contribution >= 4 is 0 Å². The predicted octanol–water partition coefficient (Wildman–Crippen LogP) is 1.65. The average molecular weight is 193 g/mol. The minimum atomic E-state index is -0.0704. The van der Waals surface area contributed by atoms with E-state index in [1.165, 1.54) is 0 Å². The molecular formula is C11H15NO2. The van der Waals surface area contributed by atoms with Gasteiger partial charge >= 0.3 is 0 Å². The van der Waals surface area contributed by atoms with Crippen molar-refractivity contribution < 1.29 is 9.47 Å². The molecule has 0 atom stereocenters. The third kappa shape index (κ3) is 1.34. The van der Waals surface area contributed by atoms with Gasteiger partial charge in [0.2, 0.25) is 6.79 Å². The fraction of sp³-hybridized carbons (Fsp3) is 0.455. The highest BCUT2D eigenvalue weighted by molar-refractivity contribution is 5.51. The average Bonchev–Trinajstić information content (AvgIpc) is 2.64. The zero-order chi connectivity index (χ0) is 10.2. The van der Waals surface area contributed by atoms with Crippen LogP contribution in [0.4, 0.5) is 0 Å². The van der Waals surface area contributed by atoms with Crippen LogP contribution < -0.4 is 15.2 Å². The van der Waals surface area contributed by atoms with E-state index in [0.29, 0.717) is 13.3 Å². The Morgan fingerprint density at radius 1 is 1.36 bits per heavy atom. The lowest BCUT2D eigenvalue weighted by Crippen LogP contribution is -2.28. The molecule has 0 amide bonds. The Morgan fingerprint density at radius 3 is 2.86 bits per heavy atom. The van der Waals surface area contributed by atoms with Gasteiger partial charge < -0.3 is 15.2 Å². The fourth-order valence-corrected chi connectivity index (χ4v) is 1.57. The molecule has 0 spiro atoms. The van der Waals surface area contributed by atoms with E-state index in [2.05, 4.69) is 13.8 Å². The maximum atomic E-state index is 5.74. The third-order valence-corrected chi connectivity index (χ3v) is 2.64. The first kappa shape index (κ1) is 9.34. The summed E-state index contributed by atoms with van der Waals surface area (Å²) in [5.74, 6) is 1.67. The highest BCUT2D eigenvalue weighted by atomic mass is 16.7. The van der Waals surface area contributed by atoms with E-state index in [4.69, 9.17) is 15.2 Å². The number of para-hydroxylation sites is 1. The Balaban J connectivity index is 2.49. The van der Waals surface area contributed by atoms with Crippen LogP contribution in [0.3, 0.4) is 0 Å². The van der Waals surface area contributed by atoms with Crippen LogP contribution in [-0.4, -0.2) is 13.3 Å². The van der Waals surface area contributed by atoms with Crippen molar-refractivity contribution in [2.24, 2.45) is 5.73 Å². The molecule has 1 aromatic rings. The molecule has 0 bridgehead atoms. The number of benzene rings is 1.